The zero-order chi connectivity index (χ0) is 16.8. The van der Waals surface area contributed by atoms with Crippen LogP contribution in [0.15, 0.2) is 34.8 Å². The Morgan fingerprint density at radius 2 is 2.00 bits per heavy atom. The Morgan fingerprint density at radius 3 is 2.58 bits per heavy atom. The second-order valence-electron chi connectivity index (χ2n) is 4.30. The van der Waals surface area contributed by atoms with Gasteiger partial charge in [-0.25, -0.2) is 17.9 Å². The normalized spacial score (nSPS) is 12.2. The SMILES string of the molecule is [NH-]S(=O)(=O)c1nn2cc(-c3cccc(OC(F)(F)F)c3)nc2s1.[Na+]. The summed E-state index contributed by atoms with van der Waals surface area (Å²) in [6.07, 6.45) is -3.45. The number of nitrogens with zero attached hydrogens (tertiary/aromatic N) is 3. The molecule has 0 unspecified atom stereocenters. The summed E-state index contributed by atoms with van der Waals surface area (Å²) in [5.41, 5.74) is 0.644. The van der Waals surface area contributed by atoms with Crippen molar-refractivity contribution < 1.29 is 55.9 Å². The van der Waals surface area contributed by atoms with Crippen molar-refractivity contribution in [1.82, 2.24) is 14.6 Å². The van der Waals surface area contributed by atoms with Crippen molar-refractivity contribution in [1.29, 1.82) is 0 Å². The predicted molar refractivity (Wildman–Crippen MR) is 74.5 cm³/mol. The van der Waals surface area contributed by atoms with Gasteiger partial charge in [0, 0.05) is 5.56 Å². The van der Waals surface area contributed by atoms with Gasteiger partial charge in [-0.15, -0.1) is 18.3 Å². The van der Waals surface area contributed by atoms with Crippen LogP contribution in [0.5, 0.6) is 5.75 Å². The molecular formula is C11H6F3N4NaO3S2. The molecule has 2 aromatic heterocycles. The van der Waals surface area contributed by atoms with E-state index in [-0.39, 0.29) is 34.5 Å². The van der Waals surface area contributed by atoms with Crippen molar-refractivity contribution in [2.45, 2.75) is 10.7 Å². The number of hydrogen-bond acceptors (Lipinski definition) is 6. The van der Waals surface area contributed by atoms with Crippen LogP contribution in [0.3, 0.4) is 0 Å². The Labute approximate surface area is 159 Å². The quantitative estimate of drug-likeness (QED) is 0.595. The first-order valence-corrected chi connectivity index (χ1v) is 8.14. The molecule has 2 heterocycles. The van der Waals surface area contributed by atoms with Gasteiger partial charge in [-0.2, -0.15) is 0 Å². The molecular weight excluding hydrogens is 380 g/mol. The molecule has 122 valence electrons. The van der Waals surface area contributed by atoms with Crippen LogP contribution in [0.1, 0.15) is 0 Å². The number of sulfonamides is 1. The number of benzene rings is 1. The number of fused-ring (bicyclic) bond motifs is 1. The summed E-state index contributed by atoms with van der Waals surface area (Å²) in [5.74, 6) is -0.395. The van der Waals surface area contributed by atoms with Gasteiger partial charge in [0.25, 0.3) is 0 Å². The maximum absolute atomic E-state index is 12.2. The van der Waals surface area contributed by atoms with Gasteiger partial charge in [0.2, 0.25) is 9.30 Å². The Hall–Kier alpha value is -1.18. The summed E-state index contributed by atoms with van der Waals surface area (Å²) in [4.78, 5) is 4.29. The van der Waals surface area contributed by atoms with Gasteiger partial charge in [0.15, 0.2) is 0 Å². The van der Waals surface area contributed by atoms with Gasteiger partial charge in [0.05, 0.1) is 11.9 Å². The number of nitrogens with one attached hydrogen (secondary N) is 1. The summed E-state index contributed by atoms with van der Waals surface area (Å²) in [5, 5.41) is 10.6. The molecule has 1 N–H and O–H groups in total. The molecule has 0 bridgehead atoms. The fraction of sp³-hybridized carbons (Fsp3) is 0.0909. The molecule has 0 fully saturated rings. The molecule has 0 amide bonds. The van der Waals surface area contributed by atoms with E-state index in [9.17, 15) is 21.6 Å². The van der Waals surface area contributed by atoms with Gasteiger partial charge in [-0.05, 0) is 12.1 Å². The van der Waals surface area contributed by atoms with Crippen molar-refractivity contribution in [2.75, 3.05) is 0 Å². The third-order valence-corrected chi connectivity index (χ3v) is 4.78. The summed E-state index contributed by atoms with van der Waals surface area (Å²) < 4.78 is 63.4. The van der Waals surface area contributed by atoms with E-state index in [1.807, 2.05) is 0 Å². The van der Waals surface area contributed by atoms with Gasteiger partial charge in [-0.3, -0.25) is 0 Å². The van der Waals surface area contributed by atoms with E-state index in [1.165, 1.54) is 18.3 Å². The van der Waals surface area contributed by atoms with Crippen molar-refractivity contribution >= 4 is 26.3 Å². The first kappa shape index (κ1) is 19.1. The van der Waals surface area contributed by atoms with Gasteiger partial charge in [0.1, 0.15) is 15.8 Å². The molecule has 1 aromatic carbocycles. The van der Waals surface area contributed by atoms with E-state index in [0.717, 1.165) is 16.6 Å². The molecule has 0 atom stereocenters. The van der Waals surface area contributed by atoms with Gasteiger partial charge in [-0.1, -0.05) is 23.5 Å². The van der Waals surface area contributed by atoms with E-state index in [1.54, 1.807) is 0 Å². The summed E-state index contributed by atoms with van der Waals surface area (Å²) in [6.45, 7) is 0. The van der Waals surface area contributed by atoms with E-state index in [2.05, 4.69) is 14.8 Å². The molecule has 7 nitrogen and oxygen atoms in total. The predicted octanol–water partition coefficient (Wildman–Crippen LogP) is 0.101. The van der Waals surface area contributed by atoms with Gasteiger partial charge < -0.3 is 9.88 Å². The molecule has 0 saturated carbocycles. The second-order valence-corrected chi connectivity index (χ2v) is 6.91. The molecule has 0 aliphatic heterocycles. The van der Waals surface area contributed by atoms with Crippen LogP contribution in [0, 0.1) is 0 Å². The molecule has 13 heteroatoms. The fourth-order valence-electron chi connectivity index (χ4n) is 1.78. The van der Waals surface area contributed by atoms with Crippen LogP contribution in [-0.4, -0.2) is 29.4 Å². The molecule has 0 spiro atoms. The first-order valence-electron chi connectivity index (χ1n) is 5.84. The Balaban J connectivity index is 0.00000208. The molecule has 24 heavy (non-hydrogen) atoms. The monoisotopic (exact) mass is 386 g/mol. The smallest absolute Gasteiger partial charge is 0.558 e. The third kappa shape index (κ3) is 4.26. The molecule has 0 aliphatic carbocycles. The Morgan fingerprint density at radius 1 is 1.29 bits per heavy atom. The molecule has 3 aromatic rings. The second kappa shape index (κ2) is 6.61. The van der Waals surface area contributed by atoms with Crippen molar-refractivity contribution in [3.8, 4) is 17.0 Å². The Bertz CT molecular complexity index is 952. The largest absolute Gasteiger partial charge is 1.00 e. The van der Waals surface area contributed by atoms with Crippen molar-refractivity contribution in [3.63, 3.8) is 0 Å². The number of halogens is 3. The number of aromatic nitrogens is 3. The van der Waals surface area contributed by atoms with Crippen molar-refractivity contribution in [2.24, 2.45) is 0 Å². The van der Waals surface area contributed by atoms with E-state index < -0.39 is 26.5 Å². The fourth-order valence-corrected chi connectivity index (χ4v) is 3.26. The average Bonchev–Trinajstić information content (AvgIpc) is 2.93. The van der Waals surface area contributed by atoms with Crippen LogP contribution in [0.4, 0.5) is 13.2 Å². The van der Waals surface area contributed by atoms with E-state index >= 15 is 0 Å². The van der Waals surface area contributed by atoms with Crippen LogP contribution >= 0.6 is 11.3 Å². The van der Waals surface area contributed by atoms with E-state index in [0.29, 0.717) is 22.6 Å². The standard InChI is InChI=1S/C11H6F3N4O3S2.Na/c12-11(13,14)21-7-3-1-2-6(4-7)8-5-18-9(16-8)22-10(17-18)23(15,19)20;/h1-5H,(H-,15,19,20);/q-1;+1. The summed E-state index contributed by atoms with van der Waals surface area (Å²) in [7, 11) is -4.19. The molecule has 3 rings (SSSR count). The zero-order valence-electron chi connectivity index (χ0n) is 11.9. The van der Waals surface area contributed by atoms with Crippen LogP contribution in [-0.2, 0) is 10.0 Å². The summed E-state index contributed by atoms with van der Waals surface area (Å²) in [6, 6.07) is 5.20. The minimum absolute atomic E-state index is 0. The number of imidazole rings is 1. The zero-order valence-corrected chi connectivity index (χ0v) is 15.5. The molecule has 0 radical (unpaired) electrons. The molecule has 0 saturated heterocycles. The Kier molecular flexibility index (Phi) is 5.28. The maximum Gasteiger partial charge on any atom is 1.00 e. The molecule has 0 aliphatic rings. The number of hydrogen-bond donors (Lipinski definition) is 0. The third-order valence-electron chi connectivity index (χ3n) is 2.62. The average molecular weight is 386 g/mol. The van der Waals surface area contributed by atoms with Crippen LogP contribution in [0.2, 0.25) is 0 Å². The number of ether oxygens (including phenoxy) is 1. The minimum atomic E-state index is -4.80. The topological polar surface area (TPSA) is 97.4 Å². The van der Waals surface area contributed by atoms with E-state index in [4.69, 9.17) is 5.14 Å². The maximum atomic E-state index is 12.2. The number of rotatable bonds is 3. The van der Waals surface area contributed by atoms with Gasteiger partial charge >= 0.3 is 35.9 Å². The van der Waals surface area contributed by atoms with Crippen molar-refractivity contribution in [3.05, 3.63) is 35.6 Å². The number of alkyl halides is 3. The minimum Gasteiger partial charge on any atom is -0.558 e. The van der Waals surface area contributed by atoms with Crippen LogP contribution < -0.4 is 34.3 Å². The van der Waals surface area contributed by atoms with Crippen LogP contribution in [0.25, 0.3) is 21.4 Å². The first-order chi connectivity index (χ1) is 10.6. The summed E-state index contributed by atoms with van der Waals surface area (Å²) >= 11 is 0.688.